The lowest BCUT2D eigenvalue weighted by Gasteiger charge is -2.03. The van der Waals surface area contributed by atoms with Crippen molar-refractivity contribution in [3.8, 4) is 22.5 Å². The Morgan fingerprint density at radius 1 is 0.842 bits per heavy atom. The first kappa shape index (κ1) is 11.5. The third-order valence-corrected chi connectivity index (χ3v) is 3.07. The van der Waals surface area contributed by atoms with Gasteiger partial charge in [-0.05, 0) is 18.1 Å². The van der Waals surface area contributed by atoms with Crippen LogP contribution in [0.1, 0.15) is 5.69 Å². The molecule has 0 amide bonds. The molecule has 2 aromatic carbocycles. The third-order valence-electron chi connectivity index (χ3n) is 3.07. The monoisotopic (exact) mass is 250 g/mol. The van der Waals surface area contributed by atoms with Crippen LogP contribution in [-0.4, -0.2) is 4.98 Å². The van der Waals surface area contributed by atoms with E-state index < -0.39 is 0 Å². The minimum Gasteiger partial charge on any atom is -0.423 e. The van der Waals surface area contributed by atoms with Crippen LogP contribution in [0.2, 0.25) is 0 Å². The molecular weight excluding hydrogens is 236 g/mol. The first-order chi connectivity index (χ1) is 9.24. The highest BCUT2D eigenvalue weighted by molar-refractivity contribution is 5.69. The number of nitrogens with two attached hydrogens (primary N) is 1. The minimum absolute atomic E-state index is 0.208. The van der Waals surface area contributed by atoms with Gasteiger partial charge in [-0.25, -0.2) is 0 Å². The molecule has 0 bridgehead atoms. The molecule has 0 aliphatic carbocycles. The largest absolute Gasteiger partial charge is 0.423 e. The van der Waals surface area contributed by atoms with Gasteiger partial charge >= 0.3 is 0 Å². The van der Waals surface area contributed by atoms with Gasteiger partial charge < -0.3 is 10.2 Å². The molecule has 3 heteroatoms. The second-order valence-corrected chi connectivity index (χ2v) is 4.41. The number of hydrogen-bond acceptors (Lipinski definition) is 3. The average molecular weight is 250 g/mol. The molecule has 0 spiro atoms. The second kappa shape index (κ2) is 4.61. The van der Waals surface area contributed by atoms with Crippen molar-refractivity contribution in [2.24, 2.45) is 0 Å². The summed E-state index contributed by atoms with van der Waals surface area (Å²) >= 11 is 0. The van der Waals surface area contributed by atoms with E-state index in [2.05, 4.69) is 29.2 Å². The topological polar surface area (TPSA) is 52.0 Å². The summed E-state index contributed by atoms with van der Waals surface area (Å²) in [5.41, 5.74) is 9.73. The third kappa shape index (κ3) is 2.22. The van der Waals surface area contributed by atoms with Crippen LogP contribution in [0.25, 0.3) is 22.5 Å². The highest BCUT2D eigenvalue weighted by atomic mass is 16.4. The van der Waals surface area contributed by atoms with Crippen LogP contribution in [-0.2, 0) is 0 Å². The summed E-state index contributed by atoms with van der Waals surface area (Å²) in [5, 5.41) is 0. The first-order valence-corrected chi connectivity index (χ1v) is 6.13. The lowest BCUT2D eigenvalue weighted by molar-refractivity contribution is 0.594. The molecule has 0 radical (unpaired) electrons. The Kier molecular flexibility index (Phi) is 2.80. The Bertz CT molecular complexity index is 685. The normalized spacial score (nSPS) is 10.6. The Hall–Kier alpha value is -2.55. The number of aromatic nitrogens is 1. The van der Waals surface area contributed by atoms with Crippen molar-refractivity contribution in [2.75, 3.05) is 5.73 Å². The summed E-state index contributed by atoms with van der Waals surface area (Å²) in [6.45, 7) is 1.89. The van der Waals surface area contributed by atoms with Crippen molar-refractivity contribution in [3.05, 3.63) is 60.3 Å². The fourth-order valence-electron chi connectivity index (χ4n) is 2.13. The molecule has 0 fully saturated rings. The molecule has 0 aliphatic rings. The average Bonchev–Trinajstić information content (AvgIpc) is 2.79. The highest BCUT2D eigenvalue weighted by Gasteiger charge is 2.09. The van der Waals surface area contributed by atoms with E-state index in [1.807, 2.05) is 37.3 Å². The van der Waals surface area contributed by atoms with E-state index in [0.29, 0.717) is 0 Å². The standard InChI is InChI=1S/C16H14N2O/c1-11-15(19-16(17)18-11)14-9-7-13(8-10-14)12-5-3-2-4-6-12/h2-10H,1H3,(H2,17,18). The molecule has 0 aliphatic heterocycles. The van der Waals surface area contributed by atoms with Gasteiger partial charge in [-0.2, -0.15) is 4.98 Å². The summed E-state index contributed by atoms with van der Waals surface area (Å²) < 4.78 is 5.41. The van der Waals surface area contributed by atoms with Gasteiger partial charge in [0.25, 0.3) is 6.01 Å². The first-order valence-electron chi connectivity index (χ1n) is 6.13. The zero-order valence-corrected chi connectivity index (χ0v) is 10.6. The smallest absolute Gasteiger partial charge is 0.292 e. The molecule has 1 aromatic heterocycles. The maximum absolute atomic E-state index is 5.56. The van der Waals surface area contributed by atoms with Gasteiger partial charge in [0.05, 0.1) is 5.69 Å². The fraction of sp³-hybridized carbons (Fsp3) is 0.0625. The number of nitrogens with zero attached hydrogens (tertiary/aromatic N) is 1. The van der Waals surface area contributed by atoms with Crippen LogP contribution in [0, 0.1) is 6.92 Å². The Labute approximate surface area is 111 Å². The van der Waals surface area contributed by atoms with Gasteiger partial charge in [-0.1, -0.05) is 54.6 Å². The molecule has 0 atom stereocenters. The van der Waals surface area contributed by atoms with E-state index in [1.165, 1.54) is 11.1 Å². The van der Waals surface area contributed by atoms with Crippen LogP contribution >= 0.6 is 0 Å². The molecule has 3 rings (SSSR count). The lowest BCUT2D eigenvalue weighted by Crippen LogP contribution is -1.81. The number of rotatable bonds is 2. The maximum Gasteiger partial charge on any atom is 0.292 e. The van der Waals surface area contributed by atoms with Crippen molar-refractivity contribution in [1.29, 1.82) is 0 Å². The Morgan fingerprint density at radius 3 is 2.00 bits per heavy atom. The van der Waals surface area contributed by atoms with Crippen LogP contribution in [0.15, 0.2) is 59.0 Å². The number of nitrogen functional groups attached to an aromatic ring is 1. The van der Waals surface area contributed by atoms with Gasteiger partial charge in [-0.3, -0.25) is 0 Å². The van der Waals surface area contributed by atoms with Crippen LogP contribution in [0.5, 0.6) is 0 Å². The molecule has 0 saturated carbocycles. The summed E-state index contributed by atoms with van der Waals surface area (Å²) in [5.74, 6) is 0.733. The van der Waals surface area contributed by atoms with E-state index in [9.17, 15) is 0 Å². The predicted octanol–water partition coefficient (Wildman–Crippen LogP) is 3.90. The number of benzene rings is 2. The molecule has 3 aromatic rings. The molecule has 19 heavy (non-hydrogen) atoms. The molecule has 2 N–H and O–H groups in total. The van der Waals surface area contributed by atoms with E-state index in [0.717, 1.165) is 17.0 Å². The number of anilines is 1. The van der Waals surface area contributed by atoms with Crippen molar-refractivity contribution in [2.45, 2.75) is 6.92 Å². The van der Waals surface area contributed by atoms with Crippen LogP contribution in [0.3, 0.4) is 0 Å². The van der Waals surface area contributed by atoms with Crippen molar-refractivity contribution in [1.82, 2.24) is 4.98 Å². The second-order valence-electron chi connectivity index (χ2n) is 4.41. The van der Waals surface area contributed by atoms with E-state index >= 15 is 0 Å². The zero-order chi connectivity index (χ0) is 13.2. The molecule has 3 nitrogen and oxygen atoms in total. The van der Waals surface area contributed by atoms with Crippen LogP contribution in [0.4, 0.5) is 6.01 Å². The fourth-order valence-corrected chi connectivity index (χ4v) is 2.13. The lowest BCUT2D eigenvalue weighted by atomic mass is 10.0. The van der Waals surface area contributed by atoms with Crippen molar-refractivity contribution < 1.29 is 4.42 Å². The zero-order valence-electron chi connectivity index (χ0n) is 10.6. The summed E-state index contributed by atoms with van der Waals surface area (Å²) in [6.07, 6.45) is 0. The minimum atomic E-state index is 0.208. The molecular formula is C16H14N2O. The molecule has 0 unspecified atom stereocenters. The van der Waals surface area contributed by atoms with Gasteiger partial charge in [-0.15, -0.1) is 0 Å². The van der Waals surface area contributed by atoms with Crippen molar-refractivity contribution in [3.63, 3.8) is 0 Å². The Balaban J connectivity index is 1.98. The predicted molar refractivity (Wildman–Crippen MR) is 76.5 cm³/mol. The molecule has 94 valence electrons. The Morgan fingerprint density at radius 2 is 1.42 bits per heavy atom. The molecule has 1 heterocycles. The van der Waals surface area contributed by atoms with Gasteiger partial charge in [0, 0.05) is 5.56 Å². The van der Waals surface area contributed by atoms with Gasteiger partial charge in [0.2, 0.25) is 0 Å². The SMILES string of the molecule is Cc1nc(N)oc1-c1ccc(-c2ccccc2)cc1. The summed E-state index contributed by atoms with van der Waals surface area (Å²) in [6, 6.07) is 18.7. The van der Waals surface area contributed by atoms with Crippen LogP contribution < -0.4 is 5.73 Å². The highest BCUT2D eigenvalue weighted by Crippen LogP contribution is 2.28. The van der Waals surface area contributed by atoms with E-state index in [1.54, 1.807) is 0 Å². The van der Waals surface area contributed by atoms with Gasteiger partial charge in [0.15, 0.2) is 5.76 Å². The van der Waals surface area contributed by atoms with Gasteiger partial charge in [0.1, 0.15) is 0 Å². The number of oxazole rings is 1. The van der Waals surface area contributed by atoms with E-state index in [-0.39, 0.29) is 6.01 Å². The van der Waals surface area contributed by atoms with E-state index in [4.69, 9.17) is 10.2 Å². The van der Waals surface area contributed by atoms with Crippen molar-refractivity contribution >= 4 is 6.01 Å². The maximum atomic E-state index is 5.56. The molecule has 0 saturated heterocycles. The quantitative estimate of drug-likeness (QED) is 0.750. The summed E-state index contributed by atoms with van der Waals surface area (Å²) in [4.78, 5) is 4.08. The summed E-state index contributed by atoms with van der Waals surface area (Å²) in [7, 11) is 0. The number of hydrogen-bond donors (Lipinski definition) is 1. The number of aryl methyl sites for hydroxylation is 1.